The summed E-state index contributed by atoms with van der Waals surface area (Å²) in [6, 6.07) is 11.9. The summed E-state index contributed by atoms with van der Waals surface area (Å²) in [6.07, 6.45) is -3.02. The van der Waals surface area contributed by atoms with Gasteiger partial charge in [0.2, 0.25) is 0 Å². The van der Waals surface area contributed by atoms with Crippen molar-refractivity contribution >= 4 is 5.71 Å². The molecule has 0 spiro atoms. The third-order valence-corrected chi connectivity index (χ3v) is 4.10. The largest absolute Gasteiger partial charge is 0.416 e. The second kappa shape index (κ2) is 7.71. The van der Waals surface area contributed by atoms with Crippen LogP contribution in [-0.4, -0.2) is 20.1 Å². The van der Waals surface area contributed by atoms with Gasteiger partial charge in [-0.2, -0.15) is 18.3 Å². The van der Waals surface area contributed by atoms with Gasteiger partial charge in [0.1, 0.15) is 12.9 Å². The highest BCUT2D eigenvalue weighted by molar-refractivity contribution is 5.98. The molecule has 0 aliphatic rings. The van der Waals surface area contributed by atoms with Crippen molar-refractivity contribution in [2.75, 3.05) is 0 Å². The number of hydrogen-bond donors (Lipinski definition) is 0. The normalized spacial score (nSPS) is 12.2. The molecule has 146 valence electrons. The molecule has 1 heterocycles. The molecule has 0 unspecified atom stereocenters. The van der Waals surface area contributed by atoms with Crippen LogP contribution in [0.5, 0.6) is 0 Å². The molecule has 28 heavy (non-hydrogen) atoms. The van der Waals surface area contributed by atoms with Crippen molar-refractivity contribution in [3.63, 3.8) is 0 Å². The van der Waals surface area contributed by atoms with E-state index in [9.17, 15) is 18.0 Å². The fourth-order valence-electron chi connectivity index (χ4n) is 2.59. The number of aryl methyl sites for hydroxylation is 1. The van der Waals surface area contributed by atoms with Gasteiger partial charge in [0, 0.05) is 12.6 Å². The number of nitrogens with zero attached hydrogens (tertiary/aromatic N) is 4. The van der Waals surface area contributed by atoms with Crippen LogP contribution < -0.4 is 5.69 Å². The maximum Gasteiger partial charge on any atom is 0.416 e. The Bertz CT molecular complexity index is 1070. The Morgan fingerprint density at radius 1 is 1.18 bits per heavy atom. The zero-order valence-electron chi connectivity index (χ0n) is 15.1. The van der Waals surface area contributed by atoms with Crippen molar-refractivity contribution in [1.29, 1.82) is 0 Å². The van der Waals surface area contributed by atoms with Crippen LogP contribution >= 0.6 is 0 Å². The van der Waals surface area contributed by atoms with Crippen LogP contribution in [0, 0.1) is 0 Å². The first-order valence-corrected chi connectivity index (χ1v) is 8.30. The van der Waals surface area contributed by atoms with Gasteiger partial charge in [-0.05, 0) is 30.7 Å². The van der Waals surface area contributed by atoms with E-state index >= 15 is 0 Å². The van der Waals surface area contributed by atoms with Gasteiger partial charge < -0.3 is 4.84 Å². The van der Waals surface area contributed by atoms with Crippen LogP contribution in [0.2, 0.25) is 0 Å². The van der Waals surface area contributed by atoms with Crippen molar-refractivity contribution in [3.8, 4) is 5.69 Å². The molecule has 0 radical (unpaired) electrons. The topological polar surface area (TPSA) is 61.4 Å². The minimum atomic E-state index is -4.42. The molecule has 3 rings (SSSR count). The lowest BCUT2D eigenvalue weighted by molar-refractivity contribution is -0.137. The first-order chi connectivity index (χ1) is 13.3. The Hall–Kier alpha value is -3.36. The van der Waals surface area contributed by atoms with Gasteiger partial charge in [-0.15, -0.1) is 0 Å². The number of oxime groups is 1. The molecule has 0 aliphatic heterocycles. The highest BCUT2D eigenvalue weighted by Crippen LogP contribution is 2.29. The monoisotopic (exact) mass is 390 g/mol. The average Bonchev–Trinajstić information content (AvgIpc) is 3.00. The van der Waals surface area contributed by atoms with Crippen molar-refractivity contribution in [1.82, 2.24) is 14.3 Å². The molecule has 0 saturated heterocycles. The third-order valence-electron chi connectivity index (χ3n) is 4.10. The molecule has 6 nitrogen and oxygen atoms in total. The predicted molar refractivity (Wildman–Crippen MR) is 97.2 cm³/mol. The first kappa shape index (κ1) is 19.4. The molecular formula is C19H17F3N4O2. The summed E-state index contributed by atoms with van der Waals surface area (Å²) in [7, 11) is 1.54. The first-order valence-electron chi connectivity index (χ1n) is 8.30. The second-order valence-electron chi connectivity index (χ2n) is 6.06. The van der Waals surface area contributed by atoms with E-state index < -0.39 is 11.7 Å². The van der Waals surface area contributed by atoms with E-state index in [4.69, 9.17) is 4.84 Å². The van der Waals surface area contributed by atoms with Gasteiger partial charge in [0.05, 0.1) is 17.0 Å². The second-order valence-corrected chi connectivity index (χ2v) is 6.06. The number of rotatable bonds is 5. The number of halogens is 3. The van der Waals surface area contributed by atoms with E-state index in [1.807, 2.05) is 0 Å². The van der Waals surface area contributed by atoms with Crippen molar-refractivity contribution < 1.29 is 18.0 Å². The number of para-hydroxylation sites is 1. The fourth-order valence-corrected chi connectivity index (χ4v) is 2.59. The number of hydrogen-bond acceptors (Lipinski definition) is 4. The summed E-state index contributed by atoms with van der Waals surface area (Å²) in [6.45, 7) is 1.60. The molecule has 0 bridgehead atoms. The molecule has 0 atom stereocenters. The smallest absolute Gasteiger partial charge is 0.391 e. The van der Waals surface area contributed by atoms with E-state index in [0.717, 1.165) is 12.1 Å². The van der Waals surface area contributed by atoms with Gasteiger partial charge in [-0.3, -0.25) is 0 Å². The zero-order chi connectivity index (χ0) is 20.3. The Kier molecular flexibility index (Phi) is 5.34. The van der Waals surface area contributed by atoms with Gasteiger partial charge in [-0.25, -0.2) is 14.0 Å². The third kappa shape index (κ3) is 4.13. The van der Waals surface area contributed by atoms with Gasteiger partial charge in [0.15, 0.2) is 0 Å². The number of benzene rings is 2. The summed E-state index contributed by atoms with van der Waals surface area (Å²) in [5.74, 6) is 0. The maximum atomic E-state index is 12.8. The van der Waals surface area contributed by atoms with Crippen LogP contribution in [0.4, 0.5) is 13.2 Å². The minimum absolute atomic E-state index is 0.0355. The summed E-state index contributed by atoms with van der Waals surface area (Å²) >= 11 is 0. The van der Waals surface area contributed by atoms with Crippen LogP contribution in [0.1, 0.15) is 23.6 Å². The molecule has 0 fully saturated rings. The number of alkyl halides is 3. The highest BCUT2D eigenvalue weighted by atomic mass is 19.4. The maximum absolute atomic E-state index is 12.8. The lowest BCUT2D eigenvalue weighted by atomic mass is 10.1. The van der Waals surface area contributed by atoms with Crippen LogP contribution in [-0.2, 0) is 24.7 Å². The van der Waals surface area contributed by atoms with Gasteiger partial charge >= 0.3 is 11.9 Å². The molecule has 0 amide bonds. The fraction of sp³-hybridized carbons (Fsp3) is 0.211. The lowest BCUT2D eigenvalue weighted by Crippen LogP contribution is -2.22. The van der Waals surface area contributed by atoms with Crippen LogP contribution in [0.25, 0.3) is 5.69 Å². The number of aromatic nitrogens is 3. The van der Waals surface area contributed by atoms with E-state index in [-0.39, 0.29) is 12.3 Å². The van der Waals surface area contributed by atoms with Crippen molar-refractivity contribution in [3.05, 3.63) is 82.0 Å². The Labute approximate surface area is 158 Å². The summed E-state index contributed by atoms with van der Waals surface area (Å²) < 4.78 is 41.1. The molecule has 3 aromatic rings. The molecule has 2 aromatic carbocycles. The molecule has 0 saturated carbocycles. The zero-order valence-corrected chi connectivity index (χ0v) is 15.1. The predicted octanol–water partition coefficient (Wildman–Crippen LogP) is 3.53. The van der Waals surface area contributed by atoms with E-state index in [2.05, 4.69) is 10.3 Å². The molecule has 0 aliphatic carbocycles. The highest BCUT2D eigenvalue weighted by Gasteiger charge is 2.30. The Balaban J connectivity index is 1.79. The van der Waals surface area contributed by atoms with Gasteiger partial charge in [0.25, 0.3) is 0 Å². The summed E-state index contributed by atoms with van der Waals surface area (Å²) in [5.41, 5.74) is 0.830. The Morgan fingerprint density at radius 3 is 2.61 bits per heavy atom. The molecular weight excluding hydrogens is 373 g/mol. The standard InChI is InChI=1S/C19H17F3N4O2/c1-13(14-7-5-8-16(10-14)19(20,21)22)24-28-11-15-6-3-4-9-17(15)26-12-23-25(2)18(26)27/h3-10,12H,11H2,1-2H3/b24-13+. The average molecular weight is 390 g/mol. The van der Waals surface area contributed by atoms with E-state index in [0.29, 0.717) is 22.5 Å². The molecule has 1 aromatic heterocycles. The van der Waals surface area contributed by atoms with Crippen LogP contribution in [0.15, 0.2) is 64.8 Å². The lowest BCUT2D eigenvalue weighted by Gasteiger charge is -2.10. The van der Waals surface area contributed by atoms with E-state index in [1.54, 1.807) is 38.2 Å². The quantitative estimate of drug-likeness (QED) is 0.495. The Morgan fingerprint density at radius 2 is 1.93 bits per heavy atom. The van der Waals surface area contributed by atoms with Gasteiger partial charge in [-0.1, -0.05) is 35.5 Å². The summed E-state index contributed by atoms with van der Waals surface area (Å²) in [5, 5.41) is 7.83. The SMILES string of the molecule is C/C(=N\OCc1ccccc1-n1cnn(C)c1=O)c1cccc(C(F)(F)F)c1. The minimum Gasteiger partial charge on any atom is -0.391 e. The van der Waals surface area contributed by atoms with Crippen molar-refractivity contribution in [2.45, 2.75) is 19.7 Å². The summed E-state index contributed by atoms with van der Waals surface area (Å²) in [4.78, 5) is 17.4. The van der Waals surface area contributed by atoms with Crippen LogP contribution in [0.3, 0.4) is 0 Å². The van der Waals surface area contributed by atoms with E-state index in [1.165, 1.54) is 27.7 Å². The molecule has 0 N–H and O–H groups in total. The molecule has 9 heteroatoms. The van der Waals surface area contributed by atoms with Crippen molar-refractivity contribution in [2.24, 2.45) is 12.2 Å².